The molecule has 3 aromatic heterocycles. The van der Waals surface area contributed by atoms with Crippen molar-refractivity contribution in [2.24, 2.45) is 5.41 Å². The van der Waals surface area contributed by atoms with Crippen LogP contribution in [0.1, 0.15) is 55.1 Å². The summed E-state index contributed by atoms with van der Waals surface area (Å²) in [5.74, 6) is 0.647. The Kier molecular flexibility index (Phi) is 7.44. The van der Waals surface area contributed by atoms with Gasteiger partial charge in [0.2, 0.25) is 0 Å². The molecule has 3 fully saturated rings. The van der Waals surface area contributed by atoms with E-state index in [-0.39, 0.29) is 22.6 Å². The lowest BCUT2D eigenvalue weighted by atomic mass is 9.64. The number of aromatic nitrogens is 4. The lowest BCUT2D eigenvalue weighted by Crippen LogP contribution is -2.53. The first-order valence-electron chi connectivity index (χ1n) is 14.5. The number of benzene rings is 1. The number of anilines is 3. The highest BCUT2D eigenvalue weighted by atomic mass is 19.1. The van der Waals surface area contributed by atoms with Crippen LogP contribution in [0, 0.1) is 5.41 Å². The second kappa shape index (κ2) is 11.2. The Morgan fingerprint density at radius 1 is 1.17 bits per heavy atom. The van der Waals surface area contributed by atoms with Crippen molar-refractivity contribution in [1.29, 1.82) is 0 Å². The molecular weight excluding hydrogens is 537 g/mol. The average Bonchev–Trinajstić information content (AvgIpc) is 3.46. The van der Waals surface area contributed by atoms with E-state index in [0.717, 1.165) is 31.6 Å². The Labute approximate surface area is 243 Å². The third-order valence-electron chi connectivity index (χ3n) is 8.16. The molecule has 2 N–H and O–H groups in total. The molecule has 0 radical (unpaired) electrons. The van der Waals surface area contributed by atoms with E-state index in [0.29, 0.717) is 35.9 Å². The minimum atomic E-state index is -1.02. The zero-order valence-corrected chi connectivity index (χ0v) is 24.1. The summed E-state index contributed by atoms with van der Waals surface area (Å²) in [6.07, 6.45) is 4.43. The van der Waals surface area contributed by atoms with Gasteiger partial charge in [0.05, 0.1) is 25.5 Å². The summed E-state index contributed by atoms with van der Waals surface area (Å²) in [5.41, 5.74) is 2.15. The normalized spacial score (nSPS) is 20.2. The zero-order chi connectivity index (χ0) is 29.4. The van der Waals surface area contributed by atoms with Crippen LogP contribution in [0.4, 0.5) is 21.7 Å². The number of pyridine rings is 1. The first-order chi connectivity index (χ1) is 20.4. The molecule has 220 valence electrons. The van der Waals surface area contributed by atoms with Crippen molar-refractivity contribution in [3.63, 3.8) is 0 Å². The van der Waals surface area contributed by atoms with E-state index in [1.807, 2.05) is 74.5 Å². The Morgan fingerprint density at radius 2 is 1.90 bits per heavy atom. The van der Waals surface area contributed by atoms with Crippen molar-refractivity contribution in [1.82, 2.24) is 24.5 Å². The number of rotatable bonds is 8. The lowest BCUT2D eigenvalue weighted by Gasteiger charge is -2.53. The number of amides is 1. The van der Waals surface area contributed by atoms with E-state index in [9.17, 15) is 14.0 Å². The number of carbonyl (C=O) groups excluding carboxylic acids is 1. The van der Waals surface area contributed by atoms with Crippen LogP contribution in [0.3, 0.4) is 0 Å². The molecule has 4 aromatic rings. The largest absolute Gasteiger partial charge is 0.380 e. The number of halogens is 1. The van der Waals surface area contributed by atoms with E-state index < -0.39 is 18.1 Å². The number of nitrogens with zero attached hydrogens (tertiary/aromatic N) is 5. The molecular formula is C31H36FN7O3. The molecule has 42 heavy (non-hydrogen) atoms. The number of nitrogens with one attached hydrogen (secondary N) is 2. The molecule has 7 rings (SSSR count). The van der Waals surface area contributed by atoms with Gasteiger partial charge < -0.3 is 24.8 Å². The fraction of sp³-hybridized carbons (Fsp3) is 0.419. The van der Waals surface area contributed by atoms with Crippen molar-refractivity contribution in [3.05, 3.63) is 82.4 Å². The van der Waals surface area contributed by atoms with Gasteiger partial charge in [-0.3, -0.25) is 9.59 Å². The van der Waals surface area contributed by atoms with E-state index in [4.69, 9.17) is 4.74 Å². The minimum Gasteiger partial charge on any atom is -0.380 e. The number of hydrogen-bond acceptors (Lipinski definition) is 7. The lowest BCUT2D eigenvalue weighted by molar-refractivity contribution is -0.174. The monoisotopic (exact) mass is 573 g/mol. The van der Waals surface area contributed by atoms with Gasteiger partial charge in [-0.25, -0.2) is 9.37 Å². The molecule has 11 heteroatoms. The standard InChI is InChI=1S/C29H30FN7O3.C2H6/c1-35(15-18-6-3-2-4-7-18)25-11-24(34-26-20(14-31-37(25)26)27(38)33-23-10-21(23)30)32-22-8-5-9-36(28(22)39)19-12-29(13-19)16-40-17-29;1-2/h2-9,11,14,19,21,23H,10,12-13,15-17H2,1H3,(H,32,34)(H,33,38);1-2H3. The van der Waals surface area contributed by atoms with E-state index in [2.05, 4.69) is 20.7 Å². The van der Waals surface area contributed by atoms with Gasteiger partial charge in [-0.1, -0.05) is 44.2 Å². The second-order valence-corrected chi connectivity index (χ2v) is 11.3. The quantitative estimate of drug-likeness (QED) is 0.320. The summed E-state index contributed by atoms with van der Waals surface area (Å²) in [4.78, 5) is 33.1. The molecule has 1 aliphatic heterocycles. The predicted molar refractivity (Wildman–Crippen MR) is 159 cm³/mol. The number of carbonyl (C=O) groups is 1. The third-order valence-corrected chi connectivity index (χ3v) is 8.16. The highest BCUT2D eigenvalue weighted by molar-refractivity contribution is 6.00. The molecule has 2 saturated carbocycles. The van der Waals surface area contributed by atoms with Gasteiger partial charge in [0.1, 0.15) is 29.1 Å². The first kappa shape index (κ1) is 27.9. The topological polar surface area (TPSA) is 106 Å². The molecule has 1 spiro atoms. The Balaban J connectivity index is 0.00000155. The van der Waals surface area contributed by atoms with Gasteiger partial charge in [0.15, 0.2) is 5.65 Å². The van der Waals surface area contributed by atoms with Crippen molar-refractivity contribution in [2.45, 2.75) is 57.9 Å². The summed E-state index contributed by atoms with van der Waals surface area (Å²) in [5, 5.41) is 10.4. The fourth-order valence-corrected chi connectivity index (χ4v) is 5.73. The van der Waals surface area contributed by atoms with Crippen LogP contribution in [0.5, 0.6) is 0 Å². The van der Waals surface area contributed by atoms with Crippen LogP contribution in [0.15, 0.2) is 65.7 Å². The molecule has 2 aliphatic carbocycles. The molecule has 2 atom stereocenters. The highest BCUT2D eigenvalue weighted by Crippen LogP contribution is 2.52. The maximum atomic E-state index is 13.5. The van der Waals surface area contributed by atoms with Crippen molar-refractivity contribution in [2.75, 3.05) is 30.5 Å². The smallest absolute Gasteiger partial charge is 0.274 e. The van der Waals surface area contributed by atoms with Crippen LogP contribution in [0.2, 0.25) is 0 Å². The molecule has 3 aliphatic rings. The van der Waals surface area contributed by atoms with Crippen LogP contribution in [0.25, 0.3) is 5.65 Å². The molecule has 0 bridgehead atoms. The number of fused-ring (bicyclic) bond motifs is 1. The van der Waals surface area contributed by atoms with Crippen molar-refractivity contribution < 1.29 is 13.9 Å². The summed E-state index contributed by atoms with van der Waals surface area (Å²) in [6.45, 7) is 6.12. The number of ether oxygens (including phenoxy) is 1. The second-order valence-electron chi connectivity index (χ2n) is 11.3. The maximum Gasteiger partial charge on any atom is 0.274 e. The summed E-state index contributed by atoms with van der Waals surface area (Å²) in [7, 11) is 1.93. The molecule has 10 nitrogen and oxygen atoms in total. The Morgan fingerprint density at radius 3 is 2.57 bits per heavy atom. The molecule has 2 unspecified atom stereocenters. The molecule has 4 heterocycles. The van der Waals surface area contributed by atoms with E-state index >= 15 is 0 Å². The predicted octanol–water partition coefficient (Wildman–Crippen LogP) is 4.49. The first-order valence-corrected chi connectivity index (χ1v) is 14.5. The van der Waals surface area contributed by atoms with Crippen LogP contribution in [-0.4, -0.2) is 57.5 Å². The molecule has 1 aromatic carbocycles. The van der Waals surface area contributed by atoms with Gasteiger partial charge in [-0.05, 0) is 30.5 Å². The van der Waals surface area contributed by atoms with Gasteiger partial charge in [-0.2, -0.15) is 9.61 Å². The molecule has 1 saturated heterocycles. The fourth-order valence-electron chi connectivity index (χ4n) is 5.73. The van der Waals surface area contributed by atoms with Gasteiger partial charge in [-0.15, -0.1) is 0 Å². The number of alkyl halides is 1. The minimum absolute atomic E-state index is 0.127. The van der Waals surface area contributed by atoms with Gasteiger partial charge in [0, 0.05) is 43.7 Å². The van der Waals surface area contributed by atoms with Crippen LogP contribution >= 0.6 is 0 Å². The van der Waals surface area contributed by atoms with Crippen molar-refractivity contribution >= 4 is 28.9 Å². The highest BCUT2D eigenvalue weighted by Gasteiger charge is 2.50. The summed E-state index contributed by atoms with van der Waals surface area (Å²) >= 11 is 0. The van der Waals surface area contributed by atoms with Crippen LogP contribution in [-0.2, 0) is 11.3 Å². The SMILES string of the molecule is CC.CN(Cc1ccccc1)c1cc(Nc2cccn(C3CC4(COC4)C3)c2=O)nc2c(C(=O)NC3CC3F)cnn12. The summed E-state index contributed by atoms with van der Waals surface area (Å²) < 4.78 is 22.3. The van der Waals surface area contributed by atoms with Gasteiger partial charge in [0.25, 0.3) is 11.5 Å². The third kappa shape index (κ3) is 5.24. The molecule has 1 amide bonds. The van der Waals surface area contributed by atoms with E-state index in [1.165, 1.54) is 6.20 Å². The summed E-state index contributed by atoms with van der Waals surface area (Å²) in [6, 6.07) is 15.1. The van der Waals surface area contributed by atoms with Gasteiger partial charge >= 0.3 is 0 Å². The average molecular weight is 574 g/mol. The van der Waals surface area contributed by atoms with Crippen molar-refractivity contribution in [3.8, 4) is 0 Å². The van der Waals surface area contributed by atoms with Crippen LogP contribution < -0.4 is 21.1 Å². The van der Waals surface area contributed by atoms with E-state index in [1.54, 1.807) is 15.1 Å². The maximum absolute atomic E-state index is 13.5. The Bertz CT molecular complexity index is 1640. The Hall–Kier alpha value is -4.25. The number of hydrogen-bond donors (Lipinski definition) is 2. The zero-order valence-electron chi connectivity index (χ0n) is 24.1.